The third kappa shape index (κ3) is 4.91. The second kappa shape index (κ2) is 7.90. The van der Waals surface area contributed by atoms with Gasteiger partial charge in [-0.2, -0.15) is 0 Å². The van der Waals surface area contributed by atoms with Crippen LogP contribution in [0.5, 0.6) is 0 Å². The van der Waals surface area contributed by atoms with E-state index in [2.05, 4.69) is 0 Å². The number of hydrogen-bond donors (Lipinski definition) is 1. The number of carbonyl (C=O) groups is 3. The maximum absolute atomic E-state index is 12.6. The van der Waals surface area contributed by atoms with Crippen molar-refractivity contribution < 1.29 is 19.5 Å². The molecule has 2 rings (SSSR count). The van der Waals surface area contributed by atoms with Crippen molar-refractivity contribution in [3.05, 3.63) is 35.4 Å². The molecule has 1 atom stereocenters. The summed E-state index contributed by atoms with van der Waals surface area (Å²) in [6.45, 7) is 2.22. The zero-order chi connectivity index (χ0) is 16.8. The van der Waals surface area contributed by atoms with Gasteiger partial charge in [-0.3, -0.25) is 14.4 Å². The first kappa shape index (κ1) is 17.2. The number of amides is 1. The van der Waals surface area contributed by atoms with E-state index in [1.165, 1.54) is 6.92 Å². The molecule has 1 saturated heterocycles. The zero-order valence-electron chi connectivity index (χ0n) is 13.5. The molecule has 1 aliphatic rings. The molecule has 5 nitrogen and oxygen atoms in total. The minimum atomic E-state index is -0.817. The highest BCUT2D eigenvalue weighted by molar-refractivity contribution is 5.94. The molecule has 0 saturated carbocycles. The smallest absolute Gasteiger partial charge is 0.303 e. The van der Waals surface area contributed by atoms with Gasteiger partial charge in [0.1, 0.15) is 0 Å². The minimum absolute atomic E-state index is 0.00708. The van der Waals surface area contributed by atoms with Crippen LogP contribution in [0.25, 0.3) is 0 Å². The fraction of sp³-hybridized carbons (Fsp3) is 0.500. The largest absolute Gasteiger partial charge is 0.481 e. The second-order valence-corrected chi connectivity index (χ2v) is 6.10. The van der Waals surface area contributed by atoms with E-state index in [-0.39, 0.29) is 24.2 Å². The molecule has 0 aromatic heterocycles. The summed E-state index contributed by atoms with van der Waals surface area (Å²) in [7, 11) is 0. The number of Topliss-reactive ketones (excluding diaryl/α,β-unsaturated/α-hetero) is 1. The van der Waals surface area contributed by atoms with Gasteiger partial charge in [0.15, 0.2) is 5.78 Å². The van der Waals surface area contributed by atoms with E-state index in [1.54, 1.807) is 12.1 Å². The number of hydrogen-bond acceptors (Lipinski definition) is 3. The summed E-state index contributed by atoms with van der Waals surface area (Å²) in [5, 5.41) is 8.84. The summed E-state index contributed by atoms with van der Waals surface area (Å²) in [4.78, 5) is 36.4. The van der Waals surface area contributed by atoms with E-state index >= 15 is 0 Å². The molecule has 1 aliphatic heterocycles. The highest BCUT2D eigenvalue weighted by Crippen LogP contribution is 2.22. The van der Waals surface area contributed by atoms with Crippen LogP contribution < -0.4 is 0 Å². The molecule has 1 aromatic rings. The molecule has 0 bridgehead atoms. The Labute approximate surface area is 136 Å². The number of carboxylic acid groups (broad SMARTS) is 1. The molecule has 23 heavy (non-hydrogen) atoms. The average molecular weight is 317 g/mol. The van der Waals surface area contributed by atoms with Gasteiger partial charge in [-0.15, -0.1) is 0 Å². The van der Waals surface area contributed by atoms with E-state index in [0.29, 0.717) is 24.9 Å². The lowest BCUT2D eigenvalue weighted by atomic mass is 9.96. The van der Waals surface area contributed by atoms with Crippen LogP contribution in [0.4, 0.5) is 0 Å². The van der Waals surface area contributed by atoms with Gasteiger partial charge in [-0.1, -0.05) is 24.3 Å². The molecular formula is C18H23NO4. The van der Waals surface area contributed by atoms with Crippen LogP contribution >= 0.6 is 0 Å². The van der Waals surface area contributed by atoms with Gasteiger partial charge in [-0.05, 0) is 38.2 Å². The van der Waals surface area contributed by atoms with Crippen molar-refractivity contribution in [1.82, 2.24) is 4.90 Å². The van der Waals surface area contributed by atoms with Gasteiger partial charge in [0, 0.05) is 24.6 Å². The van der Waals surface area contributed by atoms with Gasteiger partial charge < -0.3 is 10.0 Å². The molecule has 1 amide bonds. The summed E-state index contributed by atoms with van der Waals surface area (Å²) in [5.74, 6) is -0.772. The van der Waals surface area contributed by atoms with Crippen LogP contribution in [0.2, 0.25) is 0 Å². The molecule has 0 aliphatic carbocycles. The number of nitrogens with zero attached hydrogens (tertiary/aromatic N) is 1. The van der Waals surface area contributed by atoms with Crippen LogP contribution in [0.3, 0.4) is 0 Å². The molecule has 1 unspecified atom stereocenters. The Morgan fingerprint density at radius 2 is 1.87 bits per heavy atom. The van der Waals surface area contributed by atoms with Crippen molar-refractivity contribution in [2.24, 2.45) is 0 Å². The Balaban J connectivity index is 1.99. The van der Waals surface area contributed by atoms with Crippen molar-refractivity contribution in [3.63, 3.8) is 0 Å². The molecule has 1 heterocycles. The fourth-order valence-electron chi connectivity index (χ4n) is 3.05. The van der Waals surface area contributed by atoms with E-state index < -0.39 is 5.97 Å². The molecule has 1 fully saturated rings. The summed E-state index contributed by atoms with van der Waals surface area (Å²) in [5.41, 5.74) is 1.51. The number of rotatable bonds is 6. The molecule has 0 spiro atoms. The minimum Gasteiger partial charge on any atom is -0.481 e. The zero-order valence-corrected chi connectivity index (χ0v) is 13.5. The van der Waals surface area contributed by atoms with Crippen molar-refractivity contribution in [3.8, 4) is 0 Å². The Morgan fingerprint density at radius 1 is 1.17 bits per heavy atom. The van der Waals surface area contributed by atoms with Gasteiger partial charge in [0.05, 0.1) is 6.42 Å². The van der Waals surface area contributed by atoms with Gasteiger partial charge in [-0.25, -0.2) is 0 Å². The monoisotopic (exact) mass is 317 g/mol. The second-order valence-electron chi connectivity index (χ2n) is 6.10. The third-order valence-corrected chi connectivity index (χ3v) is 4.35. The van der Waals surface area contributed by atoms with Crippen molar-refractivity contribution in [2.75, 3.05) is 6.54 Å². The highest BCUT2D eigenvalue weighted by Gasteiger charge is 2.26. The number of piperidine rings is 1. The van der Waals surface area contributed by atoms with E-state index in [0.717, 1.165) is 24.8 Å². The maximum Gasteiger partial charge on any atom is 0.303 e. The van der Waals surface area contributed by atoms with E-state index in [4.69, 9.17) is 5.11 Å². The fourth-order valence-corrected chi connectivity index (χ4v) is 3.05. The summed E-state index contributed by atoms with van der Waals surface area (Å²) >= 11 is 0. The first-order valence-electron chi connectivity index (χ1n) is 8.08. The van der Waals surface area contributed by atoms with Crippen LogP contribution in [-0.2, 0) is 16.0 Å². The van der Waals surface area contributed by atoms with Crippen molar-refractivity contribution in [2.45, 2.75) is 51.5 Å². The topological polar surface area (TPSA) is 74.7 Å². The van der Waals surface area contributed by atoms with Crippen molar-refractivity contribution in [1.29, 1.82) is 0 Å². The number of likely N-dealkylation sites (tertiary alicyclic amines) is 1. The molecule has 1 N–H and O–H groups in total. The summed E-state index contributed by atoms with van der Waals surface area (Å²) < 4.78 is 0. The van der Waals surface area contributed by atoms with Crippen LogP contribution in [-0.4, -0.2) is 40.3 Å². The third-order valence-electron chi connectivity index (χ3n) is 4.35. The molecule has 5 heteroatoms. The lowest BCUT2D eigenvalue weighted by Crippen LogP contribution is -2.44. The van der Waals surface area contributed by atoms with Gasteiger partial charge in [0.2, 0.25) is 5.91 Å². The van der Waals surface area contributed by atoms with Crippen LogP contribution in [0.1, 0.15) is 54.9 Å². The van der Waals surface area contributed by atoms with Gasteiger partial charge >= 0.3 is 5.97 Å². The summed E-state index contributed by atoms with van der Waals surface area (Å²) in [6, 6.07) is 7.13. The van der Waals surface area contributed by atoms with Gasteiger partial charge in [0.25, 0.3) is 0 Å². The predicted molar refractivity (Wildman–Crippen MR) is 86.4 cm³/mol. The standard InChI is InChI=1S/C18H23NO4/c1-13(20)15-7-5-14(6-8-15)12-17(21)19-11-3-2-4-16(19)9-10-18(22)23/h5-8,16H,2-4,9-12H2,1H3,(H,22,23). The quantitative estimate of drug-likeness (QED) is 0.819. The average Bonchev–Trinajstić information content (AvgIpc) is 2.53. The summed E-state index contributed by atoms with van der Waals surface area (Å²) in [6.07, 6.45) is 3.80. The lowest BCUT2D eigenvalue weighted by molar-refractivity contribution is -0.139. The number of benzene rings is 1. The Morgan fingerprint density at radius 3 is 2.48 bits per heavy atom. The predicted octanol–water partition coefficient (Wildman–Crippen LogP) is 2.68. The molecular weight excluding hydrogens is 294 g/mol. The Kier molecular flexibility index (Phi) is 5.90. The Hall–Kier alpha value is -2.17. The molecule has 1 aromatic carbocycles. The number of carbonyl (C=O) groups excluding carboxylic acids is 2. The highest BCUT2D eigenvalue weighted by atomic mass is 16.4. The lowest BCUT2D eigenvalue weighted by Gasteiger charge is -2.35. The first-order chi connectivity index (χ1) is 11.0. The SMILES string of the molecule is CC(=O)c1ccc(CC(=O)N2CCCCC2CCC(=O)O)cc1. The normalized spacial score (nSPS) is 17.8. The number of ketones is 1. The van der Waals surface area contributed by atoms with Crippen LogP contribution in [0.15, 0.2) is 24.3 Å². The van der Waals surface area contributed by atoms with E-state index in [1.807, 2.05) is 17.0 Å². The number of aliphatic carboxylic acids is 1. The van der Waals surface area contributed by atoms with E-state index in [9.17, 15) is 14.4 Å². The first-order valence-corrected chi connectivity index (χ1v) is 8.08. The molecule has 124 valence electrons. The Bertz CT molecular complexity index is 579. The maximum atomic E-state index is 12.6. The molecule has 0 radical (unpaired) electrons. The van der Waals surface area contributed by atoms with Crippen LogP contribution in [0, 0.1) is 0 Å². The number of carboxylic acids is 1. The van der Waals surface area contributed by atoms with Crippen molar-refractivity contribution >= 4 is 17.7 Å².